The van der Waals surface area contributed by atoms with Gasteiger partial charge in [-0.1, -0.05) is 6.42 Å². The van der Waals surface area contributed by atoms with Gasteiger partial charge in [0.05, 0.1) is 7.11 Å². The number of hydrogen-bond acceptors (Lipinski definition) is 3. The molecule has 0 bridgehead atoms. The summed E-state index contributed by atoms with van der Waals surface area (Å²) in [4.78, 5) is 4.31. The van der Waals surface area contributed by atoms with Crippen LogP contribution in [0.4, 0.5) is 0 Å². The smallest absolute Gasteiger partial charge is 0.215 e. The Morgan fingerprint density at radius 3 is 2.67 bits per heavy atom. The van der Waals surface area contributed by atoms with Gasteiger partial charge in [-0.05, 0) is 31.4 Å². The quantitative estimate of drug-likeness (QED) is 0.820. The normalized spacial score (nSPS) is 18.3. The maximum Gasteiger partial charge on any atom is 0.215 e. The molecule has 1 aliphatic carbocycles. The van der Waals surface area contributed by atoms with E-state index in [1.807, 2.05) is 13.1 Å². The summed E-state index contributed by atoms with van der Waals surface area (Å²) in [6, 6.07) is 2.16. The van der Waals surface area contributed by atoms with Crippen molar-refractivity contribution in [2.75, 3.05) is 13.7 Å². The molecule has 1 fully saturated rings. The van der Waals surface area contributed by atoms with Crippen LogP contribution in [0.2, 0.25) is 0 Å². The Morgan fingerprint density at radius 1 is 1.53 bits per heavy atom. The Labute approximate surface area is 90.7 Å². The third kappa shape index (κ3) is 1.61. The fourth-order valence-electron chi connectivity index (χ4n) is 2.28. The topological polar surface area (TPSA) is 48.1 Å². The molecular weight excluding hydrogens is 188 g/mol. The van der Waals surface area contributed by atoms with Crippen molar-refractivity contribution in [3.05, 3.63) is 23.4 Å². The van der Waals surface area contributed by atoms with Crippen LogP contribution < -0.4 is 10.5 Å². The fourth-order valence-corrected chi connectivity index (χ4v) is 2.28. The highest BCUT2D eigenvalue weighted by molar-refractivity contribution is 5.34. The van der Waals surface area contributed by atoms with Gasteiger partial charge in [0.1, 0.15) is 0 Å². The number of aryl methyl sites for hydroxylation is 1. The third-order valence-electron chi connectivity index (χ3n) is 3.54. The van der Waals surface area contributed by atoms with Gasteiger partial charge in [-0.3, -0.25) is 0 Å². The van der Waals surface area contributed by atoms with Gasteiger partial charge < -0.3 is 10.5 Å². The Hall–Kier alpha value is -1.09. The summed E-state index contributed by atoms with van der Waals surface area (Å²) in [6.45, 7) is 2.75. The SMILES string of the molecule is COc1ncc(C2(CN)CCC2)cc1C. The summed E-state index contributed by atoms with van der Waals surface area (Å²) in [5.41, 5.74) is 8.43. The minimum Gasteiger partial charge on any atom is -0.481 e. The molecule has 2 rings (SSSR count). The lowest BCUT2D eigenvalue weighted by atomic mass is 9.65. The molecule has 1 saturated carbocycles. The second-order valence-electron chi connectivity index (χ2n) is 4.39. The molecule has 1 aromatic heterocycles. The van der Waals surface area contributed by atoms with Crippen molar-refractivity contribution >= 4 is 0 Å². The van der Waals surface area contributed by atoms with Gasteiger partial charge in [-0.15, -0.1) is 0 Å². The van der Waals surface area contributed by atoms with Gasteiger partial charge in [-0.25, -0.2) is 4.98 Å². The summed E-state index contributed by atoms with van der Waals surface area (Å²) in [7, 11) is 1.65. The number of aromatic nitrogens is 1. The molecule has 1 aliphatic rings. The first-order valence-electron chi connectivity index (χ1n) is 5.43. The van der Waals surface area contributed by atoms with Crippen LogP contribution in [0.3, 0.4) is 0 Å². The molecule has 1 heterocycles. The molecule has 0 aliphatic heterocycles. The van der Waals surface area contributed by atoms with Gasteiger partial charge in [-0.2, -0.15) is 0 Å². The molecule has 0 atom stereocenters. The molecule has 0 spiro atoms. The summed E-state index contributed by atoms with van der Waals surface area (Å²) in [6.07, 6.45) is 5.58. The van der Waals surface area contributed by atoms with E-state index < -0.39 is 0 Å². The lowest BCUT2D eigenvalue weighted by molar-refractivity contribution is 0.251. The van der Waals surface area contributed by atoms with Crippen molar-refractivity contribution in [2.45, 2.75) is 31.6 Å². The van der Waals surface area contributed by atoms with Crippen LogP contribution >= 0.6 is 0 Å². The number of nitrogens with two attached hydrogens (primary N) is 1. The van der Waals surface area contributed by atoms with Gasteiger partial charge in [0.15, 0.2) is 0 Å². The first-order valence-corrected chi connectivity index (χ1v) is 5.43. The second kappa shape index (κ2) is 3.81. The molecular formula is C12H18N2O. The molecule has 0 aromatic carbocycles. The van der Waals surface area contributed by atoms with E-state index in [1.54, 1.807) is 7.11 Å². The van der Waals surface area contributed by atoms with Gasteiger partial charge >= 0.3 is 0 Å². The van der Waals surface area contributed by atoms with Crippen LogP contribution in [0.25, 0.3) is 0 Å². The maximum absolute atomic E-state index is 5.86. The van der Waals surface area contributed by atoms with Gasteiger partial charge in [0, 0.05) is 23.7 Å². The Bertz CT molecular complexity index is 353. The van der Waals surface area contributed by atoms with E-state index in [0.29, 0.717) is 5.88 Å². The van der Waals surface area contributed by atoms with Crippen LogP contribution in [0.15, 0.2) is 12.3 Å². The maximum atomic E-state index is 5.86. The lowest BCUT2D eigenvalue weighted by Crippen LogP contribution is -2.41. The number of rotatable bonds is 3. The van der Waals surface area contributed by atoms with Crippen LogP contribution in [0, 0.1) is 6.92 Å². The van der Waals surface area contributed by atoms with E-state index in [0.717, 1.165) is 12.1 Å². The molecule has 82 valence electrons. The second-order valence-corrected chi connectivity index (χ2v) is 4.39. The van der Waals surface area contributed by atoms with E-state index in [2.05, 4.69) is 11.1 Å². The Balaban J connectivity index is 2.33. The van der Waals surface area contributed by atoms with E-state index in [9.17, 15) is 0 Å². The number of hydrogen-bond donors (Lipinski definition) is 1. The van der Waals surface area contributed by atoms with Crippen molar-refractivity contribution in [1.82, 2.24) is 4.98 Å². The average Bonchev–Trinajstić information content (AvgIpc) is 2.17. The van der Waals surface area contributed by atoms with Crippen LogP contribution in [0.1, 0.15) is 30.4 Å². The highest BCUT2D eigenvalue weighted by atomic mass is 16.5. The first-order chi connectivity index (χ1) is 7.22. The molecule has 1 aromatic rings. The van der Waals surface area contributed by atoms with Crippen molar-refractivity contribution < 1.29 is 4.74 Å². The predicted molar refractivity (Wildman–Crippen MR) is 60.1 cm³/mol. The summed E-state index contributed by atoms with van der Waals surface area (Å²) in [5, 5.41) is 0. The van der Waals surface area contributed by atoms with E-state index in [-0.39, 0.29) is 5.41 Å². The molecule has 0 radical (unpaired) electrons. The Morgan fingerprint density at radius 2 is 2.27 bits per heavy atom. The highest BCUT2D eigenvalue weighted by Crippen LogP contribution is 2.43. The van der Waals surface area contributed by atoms with Crippen LogP contribution in [-0.2, 0) is 5.41 Å². The van der Waals surface area contributed by atoms with Crippen LogP contribution in [0.5, 0.6) is 5.88 Å². The molecule has 0 amide bonds. The molecule has 0 unspecified atom stereocenters. The fraction of sp³-hybridized carbons (Fsp3) is 0.583. The largest absolute Gasteiger partial charge is 0.481 e. The van der Waals surface area contributed by atoms with Gasteiger partial charge in [0.2, 0.25) is 5.88 Å². The monoisotopic (exact) mass is 206 g/mol. The lowest BCUT2D eigenvalue weighted by Gasteiger charge is -2.41. The first kappa shape index (κ1) is 10.4. The average molecular weight is 206 g/mol. The van der Waals surface area contributed by atoms with E-state index in [4.69, 9.17) is 10.5 Å². The van der Waals surface area contributed by atoms with E-state index >= 15 is 0 Å². The minimum atomic E-state index is 0.198. The standard InChI is InChI=1S/C12H18N2O/c1-9-6-10(7-14-11(9)15-2)12(8-13)4-3-5-12/h6-7H,3-5,8,13H2,1-2H3. The van der Waals surface area contributed by atoms with Crippen molar-refractivity contribution in [2.24, 2.45) is 5.73 Å². The number of pyridine rings is 1. The predicted octanol–water partition coefficient (Wildman–Crippen LogP) is 1.78. The van der Waals surface area contributed by atoms with Crippen molar-refractivity contribution in [1.29, 1.82) is 0 Å². The Kier molecular flexibility index (Phi) is 2.65. The molecule has 3 heteroatoms. The van der Waals surface area contributed by atoms with Crippen molar-refractivity contribution in [3.8, 4) is 5.88 Å². The van der Waals surface area contributed by atoms with Crippen molar-refractivity contribution in [3.63, 3.8) is 0 Å². The third-order valence-corrected chi connectivity index (χ3v) is 3.54. The van der Waals surface area contributed by atoms with Gasteiger partial charge in [0.25, 0.3) is 0 Å². The molecule has 3 nitrogen and oxygen atoms in total. The van der Waals surface area contributed by atoms with E-state index in [1.165, 1.54) is 24.8 Å². The zero-order valence-corrected chi connectivity index (χ0v) is 9.42. The minimum absolute atomic E-state index is 0.198. The zero-order valence-electron chi connectivity index (χ0n) is 9.42. The molecule has 2 N–H and O–H groups in total. The summed E-state index contributed by atoms with van der Waals surface area (Å²) in [5.74, 6) is 0.713. The molecule has 15 heavy (non-hydrogen) atoms. The highest BCUT2D eigenvalue weighted by Gasteiger charge is 2.37. The summed E-state index contributed by atoms with van der Waals surface area (Å²) >= 11 is 0. The zero-order chi connectivity index (χ0) is 10.9. The molecule has 0 saturated heterocycles. The summed E-state index contributed by atoms with van der Waals surface area (Å²) < 4.78 is 5.16. The van der Waals surface area contributed by atoms with Crippen LogP contribution in [-0.4, -0.2) is 18.6 Å². The number of methoxy groups -OCH3 is 1. The number of ether oxygens (including phenoxy) is 1. The number of nitrogens with zero attached hydrogens (tertiary/aromatic N) is 1.